The fourth-order valence-corrected chi connectivity index (χ4v) is 1.85. The zero-order valence-electron chi connectivity index (χ0n) is 8.56. The molecule has 0 saturated carbocycles. The van der Waals surface area contributed by atoms with E-state index in [1.807, 2.05) is 23.8 Å². The van der Waals surface area contributed by atoms with E-state index >= 15 is 0 Å². The maximum atomic E-state index is 11.6. The Kier molecular flexibility index (Phi) is 4.10. The van der Waals surface area contributed by atoms with E-state index in [-0.39, 0.29) is 11.9 Å². The summed E-state index contributed by atoms with van der Waals surface area (Å²) in [6, 6.07) is 1.66. The Morgan fingerprint density at radius 1 is 1.71 bits per heavy atom. The monoisotopic (exact) mass is 212 g/mol. The first kappa shape index (κ1) is 11.2. The second-order valence-electron chi connectivity index (χ2n) is 3.34. The highest BCUT2D eigenvalue weighted by molar-refractivity contribution is 7.07. The molecule has 1 rings (SSSR count). The lowest BCUT2D eigenvalue weighted by atomic mass is 10.2. The average Bonchev–Trinajstić information content (AvgIpc) is 2.68. The molecule has 0 aliphatic heterocycles. The van der Waals surface area contributed by atoms with Crippen LogP contribution in [0.3, 0.4) is 0 Å². The van der Waals surface area contributed by atoms with Crippen molar-refractivity contribution in [2.75, 3.05) is 7.05 Å². The van der Waals surface area contributed by atoms with Crippen LogP contribution in [-0.2, 0) is 11.3 Å². The van der Waals surface area contributed by atoms with E-state index in [2.05, 4.69) is 0 Å². The van der Waals surface area contributed by atoms with Crippen molar-refractivity contribution in [3.8, 4) is 0 Å². The number of nitrogens with two attached hydrogens (primary N) is 1. The Bertz CT molecular complexity index is 284. The minimum atomic E-state index is -0.362. The number of hydrogen-bond donors (Lipinski definition) is 1. The molecule has 0 saturated heterocycles. The van der Waals surface area contributed by atoms with Gasteiger partial charge in [0.05, 0.1) is 6.04 Å². The molecule has 0 aromatic carbocycles. The van der Waals surface area contributed by atoms with Gasteiger partial charge in [-0.05, 0) is 28.8 Å². The maximum Gasteiger partial charge on any atom is 0.239 e. The molecule has 0 bridgehead atoms. The Morgan fingerprint density at radius 2 is 2.43 bits per heavy atom. The molecule has 4 heteroatoms. The van der Waals surface area contributed by atoms with Crippen LogP contribution in [-0.4, -0.2) is 23.9 Å². The third-order valence-corrected chi connectivity index (χ3v) is 2.87. The molecular formula is C10H16N2OS. The molecule has 14 heavy (non-hydrogen) atoms. The van der Waals surface area contributed by atoms with Gasteiger partial charge >= 0.3 is 0 Å². The summed E-state index contributed by atoms with van der Waals surface area (Å²) in [5, 5.41) is 4.05. The predicted octanol–water partition coefficient (Wildman–Crippen LogP) is 1.44. The summed E-state index contributed by atoms with van der Waals surface area (Å²) < 4.78 is 0. The molecule has 78 valence electrons. The lowest BCUT2D eigenvalue weighted by Crippen LogP contribution is -2.40. The Balaban J connectivity index is 2.50. The molecule has 1 atom stereocenters. The Hall–Kier alpha value is -0.870. The molecule has 1 amide bonds. The van der Waals surface area contributed by atoms with Crippen LogP contribution in [0.2, 0.25) is 0 Å². The van der Waals surface area contributed by atoms with Crippen molar-refractivity contribution >= 4 is 17.2 Å². The summed E-state index contributed by atoms with van der Waals surface area (Å²) in [6.45, 7) is 2.57. The molecule has 1 aromatic heterocycles. The van der Waals surface area contributed by atoms with Gasteiger partial charge in [0, 0.05) is 13.6 Å². The fraction of sp³-hybridized carbons (Fsp3) is 0.500. The number of carbonyl (C=O) groups excluding carboxylic acids is 1. The van der Waals surface area contributed by atoms with Crippen LogP contribution in [0.15, 0.2) is 16.8 Å². The van der Waals surface area contributed by atoms with Crippen molar-refractivity contribution in [1.29, 1.82) is 0 Å². The topological polar surface area (TPSA) is 46.3 Å². The van der Waals surface area contributed by atoms with Crippen LogP contribution >= 0.6 is 11.3 Å². The second kappa shape index (κ2) is 5.12. The first-order chi connectivity index (χ1) is 6.65. The van der Waals surface area contributed by atoms with E-state index in [4.69, 9.17) is 5.73 Å². The third-order valence-electron chi connectivity index (χ3n) is 2.13. The van der Waals surface area contributed by atoms with Crippen molar-refractivity contribution in [1.82, 2.24) is 4.90 Å². The number of rotatable bonds is 4. The molecular weight excluding hydrogens is 196 g/mol. The van der Waals surface area contributed by atoms with Gasteiger partial charge < -0.3 is 10.6 Å². The molecule has 0 fully saturated rings. The number of nitrogens with zero attached hydrogens (tertiary/aromatic N) is 1. The summed E-state index contributed by atoms with van der Waals surface area (Å²) in [5.74, 6) is 0.0127. The lowest BCUT2D eigenvalue weighted by molar-refractivity contribution is -0.131. The molecule has 3 nitrogen and oxygen atoms in total. The van der Waals surface area contributed by atoms with Crippen molar-refractivity contribution in [2.24, 2.45) is 5.73 Å². The van der Waals surface area contributed by atoms with Crippen LogP contribution < -0.4 is 5.73 Å². The second-order valence-corrected chi connectivity index (χ2v) is 4.12. The highest BCUT2D eigenvalue weighted by atomic mass is 32.1. The van der Waals surface area contributed by atoms with E-state index in [1.54, 1.807) is 23.3 Å². The zero-order chi connectivity index (χ0) is 10.6. The van der Waals surface area contributed by atoms with Crippen molar-refractivity contribution < 1.29 is 4.79 Å². The highest BCUT2D eigenvalue weighted by Gasteiger charge is 2.15. The zero-order valence-corrected chi connectivity index (χ0v) is 9.38. The summed E-state index contributed by atoms with van der Waals surface area (Å²) >= 11 is 1.64. The van der Waals surface area contributed by atoms with Gasteiger partial charge in [-0.1, -0.05) is 6.92 Å². The summed E-state index contributed by atoms with van der Waals surface area (Å²) in [4.78, 5) is 13.3. The molecule has 1 unspecified atom stereocenters. The van der Waals surface area contributed by atoms with Crippen LogP contribution in [0.5, 0.6) is 0 Å². The van der Waals surface area contributed by atoms with E-state index in [1.165, 1.54) is 0 Å². The van der Waals surface area contributed by atoms with Gasteiger partial charge in [0.2, 0.25) is 5.91 Å². The van der Waals surface area contributed by atoms with Gasteiger partial charge in [-0.3, -0.25) is 4.79 Å². The number of carbonyl (C=O) groups is 1. The molecule has 0 aliphatic rings. The quantitative estimate of drug-likeness (QED) is 0.821. The molecule has 1 heterocycles. The fourth-order valence-electron chi connectivity index (χ4n) is 1.19. The standard InChI is InChI=1S/C10H16N2OS/c1-3-9(11)10(13)12(2)6-8-4-5-14-7-8/h4-5,7,9H,3,6,11H2,1-2H3. The molecule has 0 radical (unpaired) electrons. The number of hydrogen-bond acceptors (Lipinski definition) is 3. The smallest absolute Gasteiger partial charge is 0.239 e. The summed E-state index contributed by atoms with van der Waals surface area (Å²) in [6.07, 6.45) is 0.687. The van der Waals surface area contributed by atoms with E-state index in [9.17, 15) is 4.79 Å². The minimum absolute atomic E-state index is 0.0127. The van der Waals surface area contributed by atoms with E-state index in [0.29, 0.717) is 13.0 Å². The average molecular weight is 212 g/mol. The lowest BCUT2D eigenvalue weighted by Gasteiger charge is -2.19. The van der Waals surface area contributed by atoms with Crippen LogP contribution in [0.1, 0.15) is 18.9 Å². The molecule has 1 aromatic rings. The highest BCUT2D eigenvalue weighted by Crippen LogP contribution is 2.09. The number of thiophene rings is 1. The Labute approximate surface area is 88.5 Å². The maximum absolute atomic E-state index is 11.6. The van der Waals surface area contributed by atoms with Crippen LogP contribution in [0, 0.1) is 0 Å². The summed E-state index contributed by atoms with van der Waals surface area (Å²) in [7, 11) is 1.79. The van der Waals surface area contributed by atoms with E-state index in [0.717, 1.165) is 5.56 Å². The predicted molar refractivity (Wildman–Crippen MR) is 59.1 cm³/mol. The van der Waals surface area contributed by atoms with Gasteiger partial charge in [-0.25, -0.2) is 0 Å². The van der Waals surface area contributed by atoms with Crippen molar-refractivity contribution in [3.63, 3.8) is 0 Å². The van der Waals surface area contributed by atoms with Crippen LogP contribution in [0.4, 0.5) is 0 Å². The van der Waals surface area contributed by atoms with Crippen LogP contribution in [0.25, 0.3) is 0 Å². The first-order valence-electron chi connectivity index (χ1n) is 4.66. The molecule has 0 aliphatic carbocycles. The van der Waals surface area contributed by atoms with Gasteiger partial charge in [0.15, 0.2) is 0 Å². The minimum Gasteiger partial charge on any atom is -0.340 e. The van der Waals surface area contributed by atoms with Gasteiger partial charge in [0.25, 0.3) is 0 Å². The van der Waals surface area contributed by atoms with Crippen molar-refractivity contribution in [3.05, 3.63) is 22.4 Å². The normalized spacial score (nSPS) is 12.5. The van der Waals surface area contributed by atoms with Gasteiger partial charge in [0.1, 0.15) is 0 Å². The summed E-state index contributed by atoms with van der Waals surface area (Å²) in [5.41, 5.74) is 6.82. The third kappa shape index (κ3) is 2.82. The van der Waals surface area contributed by atoms with E-state index < -0.39 is 0 Å². The van der Waals surface area contributed by atoms with Crippen molar-refractivity contribution in [2.45, 2.75) is 25.9 Å². The Morgan fingerprint density at radius 3 is 2.93 bits per heavy atom. The van der Waals surface area contributed by atoms with Gasteiger partial charge in [-0.15, -0.1) is 0 Å². The number of likely N-dealkylation sites (N-methyl/N-ethyl adjacent to an activating group) is 1. The van der Waals surface area contributed by atoms with Gasteiger partial charge in [-0.2, -0.15) is 11.3 Å². The SMILES string of the molecule is CCC(N)C(=O)N(C)Cc1ccsc1. The molecule has 0 spiro atoms. The largest absolute Gasteiger partial charge is 0.340 e. The number of amides is 1. The molecule has 2 N–H and O–H groups in total. The first-order valence-corrected chi connectivity index (χ1v) is 5.61.